The van der Waals surface area contributed by atoms with Gasteiger partial charge in [0.2, 0.25) is 5.91 Å². The number of hydrogen-bond acceptors (Lipinski definition) is 3. The van der Waals surface area contributed by atoms with Crippen LogP contribution in [-0.4, -0.2) is 43.7 Å². The molecule has 0 aliphatic heterocycles. The lowest BCUT2D eigenvalue weighted by Gasteiger charge is -2.22. The summed E-state index contributed by atoms with van der Waals surface area (Å²) in [6, 6.07) is -0.226. The molecule has 0 N–H and O–H groups in total. The first-order valence-electron chi connectivity index (χ1n) is 6.71. The van der Waals surface area contributed by atoms with Gasteiger partial charge in [-0.3, -0.25) is 9.48 Å². The SMILES string of the molecule is Cc1nccn1[C@@H](C)C(=O)N(C)CCc1cnn(C)c1. The Balaban J connectivity index is 1.93. The van der Waals surface area contributed by atoms with Gasteiger partial charge in [-0.15, -0.1) is 0 Å². The maximum atomic E-state index is 12.4. The molecule has 0 aromatic carbocycles. The molecule has 0 unspecified atom stereocenters. The molecular weight excluding hydrogens is 254 g/mol. The molecule has 0 fully saturated rings. The quantitative estimate of drug-likeness (QED) is 0.823. The summed E-state index contributed by atoms with van der Waals surface area (Å²) < 4.78 is 3.66. The molecule has 2 heterocycles. The van der Waals surface area contributed by atoms with Crippen LogP contribution in [0.15, 0.2) is 24.8 Å². The molecule has 6 heteroatoms. The Morgan fingerprint density at radius 1 is 1.50 bits per heavy atom. The van der Waals surface area contributed by atoms with Crippen LogP contribution in [0.2, 0.25) is 0 Å². The van der Waals surface area contributed by atoms with Crippen molar-refractivity contribution in [3.8, 4) is 0 Å². The lowest BCUT2D eigenvalue weighted by molar-refractivity contribution is -0.133. The number of nitrogens with zero attached hydrogens (tertiary/aromatic N) is 5. The Kier molecular flexibility index (Phi) is 4.22. The molecule has 0 radical (unpaired) electrons. The summed E-state index contributed by atoms with van der Waals surface area (Å²) in [4.78, 5) is 18.3. The van der Waals surface area contributed by atoms with Crippen molar-refractivity contribution in [3.05, 3.63) is 36.2 Å². The molecule has 0 aliphatic carbocycles. The van der Waals surface area contributed by atoms with Gasteiger partial charge in [0.1, 0.15) is 11.9 Å². The zero-order valence-corrected chi connectivity index (χ0v) is 12.4. The predicted octanol–water partition coefficient (Wildman–Crippen LogP) is 1.19. The van der Waals surface area contributed by atoms with Gasteiger partial charge >= 0.3 is 0 Å². The normalized spacial score (nSPS) is 12.4. The van der Waals surface area contributed by atoms with Crippen LogP contribution in [0.1, 0.15) is 24.4 Å². The average Bonchev–Trinajstić information content (AvgIpc) is 3.03. The van der Waals surface area contributed by atoms with E-state index in [1.54, 1.807) is 15.8 Å². The number of likely N-dealkylation sites (N-methyl/N-ethyl adjacent to an activating group) is 1. The van der Waals surface area contributed by atoms with E-state index in [1.807, 2.05) is 51.1 Å². The second-order valence-electron chi connectivity index (χ2n) is 5.09. The van der Waals surface area contributed by atoms with Gasteiger partial charge < -0.3 is 9.47 Å². The molecule has 2 rings (SSSR count). The van der Waals surface area contributed by atoms with Crippen molar-refractivity contribution in [1.82, 2.24) is 24.2 Å². The van der Waals surface area contributed by atoms with Crippen LogP contribution < -0.4 is 0 Å². The van der Waals surface area contributed by atoms with E-state index in [9.17, 15) is 4.79 Å². The summed E-state index contributed by atoms with van der Waals surface area (Å²) in [6.07, 6.45) is 8.18. The molecule has 6 nitrogen and oxygen atoms in total. The van der Waals surface area contributed by atoms with Crippen LogP contribution in [0, 0.1) is 6.92 Å². The average molecular weight is 275 g/mol. The van der Waals surface area contributed by atoms with E-state index in [0.29, 0.717) is 6.54 Å². The van der Waals surface area contributed by atoms with Gasteiger partial charge in [-0.05, 0) is 25.8 Å². The van der Waals surface area contributed by atoms with E-state index in [4.69, 9.17) is 0 Å². The van der Waals surface area contributed by atoms with Crippen molar-refractivity contribution >= 4 is 5.91 Å². The number of amides is 1. The molecule has 0 aliphatic rings. The van der Waals surface area contributed by atoms with Gasteiger partial charge in [-0.2, -0.15) is 5.10 Å². The third-order valence-corrected chi connectivity index (χ3v) is 3.51. The lowest BCUT2D eigenvalue weighted by Crippen LogP contribution is -2.34. The minimum Gasteiger partial charge on any atom is -0.344 e. The van der Waals surface area contributed by atoms with Crippen LogP contribution in [0.5, 0.6) is 0 Å². The Bertz CT molecular complexity index is 586. The van der Waals surface area contributed by atoms with E-state index >= 15 is 0 Å². The van der Waals surface area contributed by atoms with Crippen molar-refractivity contribution in [3.63, 3.8) is 0 Å². The Morgan fingerprint density at radius 3 is 2.80 bits per heavy atom. The summed E-state index contributed by atoms with van der Waals surface area (Å²) in [6.45, 7) is 4.49. The molecule has 2 aromatic heterocycles. The number of carbonyl (C=O) groups excluding carboxylic acids is 1. The van der Waals surface area contributed by atoms with Crippen molar-refractivity contribution in [2.24, 2.45) is 7.05 Å². The molecule has 20 heavy (non-hydrogen) atoms. The van der Waals surface area contributed by atoms with Gasteiger partial charge in [0.15, 0.2) is 0 Å². The molecule has 0 spiro atoms. The lowest BCUT2D eigenvalue weighted by atomic mass is 10.2. The third kappa shape index (κ3) is 3.07. The molecule has 0 bridgehead atoms. The highest BCUT2D eigenvalue weighted by Crippen LogP contribution is 2.12. The Morgan fingerprint density at radius 2 is 2.25 bits per heavy atom. The first-order valence-corrected chi connectivity index (χ1v) is 6.71. The predicted molar refractivity (Wildman–Crippen MR) is 76.2 cm³/mol. The van der Waals surface area contributed by atoms with E-state index in [0.717, 1.165) is 17.8 Å². The maximum absolute atomic E-state index is 12.4. The summed E-state index contributed by atoms with van der Waals surface area (Å²) >= 11 is 0. The Hall–Kier alpha value is -2.11. The number of hydrogen-bond donors (Lipinski definition) is 0. The molecule has 108 valence electrons. The zero-order chi connectivity index (χ0) is 14.7. The minimum absolute atomic E-state index is 0.0926. The van der Waals surface area contributed by atoms with Crippen LogP contribution in [0.3, 0.4) is 0 Å². The van der Waals surface area contributed by atoms with E-state index in [2.05, 4.69) is 10.1 Å². The van der Waals surface area contributed by atoms with E-state index in [1.165, 1.54) is 0 Å². The first kappa shape index (κ1) is 14.3. The van der Waals surface area contributed by atoms with Crippen molar-refractivity contribution < 1.29 is 4.79 Å². The van der Waals surface area contributed by atoms with Crippen molar-refractivity contribution in [2.75, 3.05) is 13.6 Å². The van der Waals surface area contributed by atoms with E-state index < -0.39 is 0 Å². The monoisotopic (exact) mass is 275 g/mol. The van der Waals surface area contributed by atoms with E-state index in [-0.39, 0.29) is 11.9 Å². The molecule has 2 aromatic rings. The molecule has 0 saturated carbocycles. The second kappa shape index (κ2) is 5.90. The first-order chi connectivity index (χ1) is 9.49. The Labute approximate surface area is 119 Å². The highest BCUT2D eigenvalue weighted by molar-refractivity contribution is 5.79. The summed E-state index contributed by atoms with van der Waals surface area (Å²) in [5.74, 6) is 0.946. The number of imidazole rings is 1. The van der Waals surface area contributed by atoms with Gasteiger partial charge in [-0.25, -0.2) is 4.98 Å². The highest BCUT2D eigenvalue weighted by Gasteiger charge is 2.19. The third-order valence-electron chi connectivity index (χ3n) is 3.51. The van der Waals surface area contributed by atoms with Gasteiger partial charge in [0.05, 0.1) is 6.20 Å². The van der Waals surface area contributed by atoms with Crippen molar-refractivity contribution in [2.45, 2.75) is 26.3 Å². The second-order valence-corrected chi connectivity index (χ2v) is 5.09. The fourth-order valence-electron chi connectivity index (χ4n) is 2.24. The number of aromatic nitrogens is 4. The molecule has 1 atom stereocenters. The minimum atomic E-state index is -0.226. The van der Waals surface area contributed by atoms with Crippen LogP contribution in [0.25, 0.3) is 0 Å². The number of rotatable bonds is 5. The largest absolute Gasteiger partial charge is 0.344 e. The number of aryl methyl sites for hydroxylation is 2. The standard InChI is InChI=1S/C14H21N5O/c1-11(19-8-6-15-12(19)2)14(20)17(3)7-5-13-9-16-18(4)10-13/h6,8-11H,5,7H2,1-4H3/t11-/m0/s1. The van der Waals surface area contributed by atoms with Crippen LogP contribution in [0.4, 0.5) is 0 Å². The highest BCUT2D eigenvalue weighted by atomic mass is 16.2. The maximum Gasteiger partial charge on any atom is 0.245 e. The summed E-state index contributed by atoms with van der Waals surface area (Å²) in [5.41, 5.74) is 1.14. The van der Waals surface area contributed by atoms with Gasteiger partial charge in [-0.1, -0.05) is 0 Å². The number of carbonyl (C=O) groups is 1. The topological polar surface area (TPSA) is 56.0 Å². The zero-order valence-electron chi connectivity index (χ0n) is 12.4. The molecule has 1 amide bonds. The van der Waals surface area contributed by atoms with Gasteiger partial charge in [0.25, 0.3) is 0 Å². The van der Waals surface area contributed by atoms with Crippen LogP contribution >= 0.6 is 0 Å². The fourth-order valence-corrected chi connectivity index (χ4v) is 2.24. The molecular formula is C14H21N5O. The summed E-state index contributed by atoms with van der Waals surface area (Å²) in [7, 11) is 3.73. The summed E-state index contributed by atoms with van der Waals surface area (Å²) in [5, 5.41) is 4.13. The molecule has 0 saturated heterocycles. The smallest absolute Gasteiger partial charge is 0.245 e. The fraction of sp³-hybridized carbons (Fsp3) is 0.500. The van der Waals surface area contributed by atoms with Crippen molar-refractivity contribution in [1.29, 1.82) is 0 Å². The van der Waals surface area contributed by atoms with Gasteiger partial charge in [0, 0.05) is 39.2 Å². The van der Waals surface area contributed by atoms with Crippen LogP contribution in [-0.2, 0) is 18.3 Å².